The molecule has 0 saturated heterocycles. The van der Waals surface area contributed by atoms with E-state index in [1.54, 1.807) is 24.8 Å². The molecule has 0 fully saturated rings. The molecule has 7 aromatic rings. The van der Waals surface area contributed by atoms with E-state index in [1.165, 1.54) is 0 Å². The predicted molar refractivity (Wildman–Crippen MR) is 192 cm³/mol. The Labute approximate surface area is 291 Å². The fourth-order valence-electron chi connectivity index (χ4n) is 6.33. The third kappa shape index (κ3) is 5.46. The summed E-state index contributed by atoms with van der Waals surface area (Å²) in [6, 6.07) is 32.0. The van der Waals surface area contributed by atoms with Crippen LogP contribution in [0.1, 0.15) is 22.8 Å². The number of H-pyrrole nitrogens is 2. The molecule has 0 amide bonds. The van der Waals surface area contributed by atoms with Gasteiger partial charge in [-0.2, -0.15) is 0 Å². The molecule has 9 rings (SSSR count). The van der Waals surface area contributed by atoms with E-state index in [0.29, 0.717) is 0 Å². The second-order valence-electron chi connectivity index (χ2n) is 11.4. The van der Waals surface area contributed by atoms with Gasteiger partial charge in [0.2, 0.25) is 0 Å². The maximum absolute atomic E-state index is 5.24. The van der Waals surface area contributed by atoms with E-state index < -0.39 is 0 Å². The summed E-state index contributed by atoms with van der Waals surface area (Å²) in [5, 5.41) is 0. The van der Waals surface area contributed by atoms with Crippen molar-refractivity contribution in [2.24, 2.45) is 0 Å². The Morgan fingerprint density at radius 3 is 0.816 bits per heavy atom. The van der Waals surface area contributed by atoms with Gasteiger partial charge in [0.25, 0.3) is 0 Å². The minimum atomic E-state index is 0. The molecule has 2 N–H and O–H groups in total. The molecule has 9 heteroatoms. The molecule has 0 aromatic carbocycles. The van der Waals surface area contributed by atoms with Crippen LogP contribution in [0.25, 0.3) is 91.4 Å². The van der Waals surface area contributed by atoms with Crippen molar-refractivity contribution in [2.75, 3.05) is 0 Å². The molecule has 0 atom stereocenters. The monoisotopic (exact) mass is 677 g/mol. The van der Waals surface area contributed by atoms with Gasteiger partial charge in [0.1, 0.15) is 0 Å². The van der Waals surface area contributed by atoms with Gasteiger partial charge in [-0.15, -0.1) is 0 Å². The van der Waals surface area contributed by atoms with Crippen LogP contribution < -0.4 is 0 Å². The Kier molecular flexibility index (Phi) is 7.81. The molecule has 0 saturated carbocycles. The van der Waals surface area contributed by atoms with Crippen molar-refractivity contribution in [1.29, 1.82) is 0 Å². The van der Waals surface area contributed by atoms with Crippen molar-refractivity contribution in [3.63, 3.8) is 0 Å². The Balaban J connectivity index is 0.00000348. The SMILES string of the molecule is C1=Cc2nc1c(-c1ccccn1)c1ccc([nH]1)c(-c1ccccn1)c1nc(c(-c3ccccn3)c3ccc([nH]3)c2-c2ccccn2)C=C1.[Co]. The average Bonchev–Trinajstić information content (AvgIpc) is 3.98. The van der Waals surface area contributed by atoms with Gasteiger partial charge in [0.15, 0.2) is 0 Å². The zero-order valence-corrected chi connectivity index (χ0v) is 26.9. The molecule has 1 radical (unpaired) electrons. The third-order valence-corrected chi connectivity index (χ3v) is 8.44. The van der Waals surface area contributed by atoms with Crippen LogP contribution in [-0.4, -0.2) is 39.9 Å². The Bertz CT molecular complexity index is 2190. The fraction of sp³-hybridized carbons (Fsp3) is 0. The summed E-state index contributed by atoms with van der Waals surface area (Å²) in [7, 11) is 0. The van der Waals surface area contributed by atoms with Crippen LogP contribution in [0.3, 0.4) is 0 Å². The van der Waals surface area contributed by atoms with Gasteiger partial charge in [-0.25, -0.2) is 9.97 Å². The molecule has 2 aliphatic rings. The molecule has 0 aliphatic carbocycles. The van der Waals surface area contributed by atoms with Gasteiger partial charge in [0.05, 0.1) is 67.6 Å². The van der Waals surface area contributed by atoms with Crippen LogP contribution in [0.5, 0.6) is 0 Å². The average molecular weight is 678 g/mol. The quantitative estimate of drug-likeness (QED) is 0.193. The topological polar surface area (TPSA) is 109 Å². The van der Waals surface area contributed by atoms with Gasteiger partial charge in [0, 0.05) is 63.8 Å². The fourth-order valence-corrected chi connectivity index (χ4v) is 6.33. The van der Waals surface area contributed by atoms with E-state index in [2.05, 4.69) is 34.2 Å². The summed E-state index contributed by atoms with van der Waals surface area (Å²) < 4.78 is 0. The minimum absolute atomic E-state index is 0. The van der Waals surface area contributed by atoms with E-state index in [4.69, 9.17) is 29.9 Å². The number of pyridine rings is 4. The zero-order chi connectivity index (χ0) is 31.9. The molecular formula is C40H26CoN8. The Morgan fingerprint density at radius 1 is 0.327 bits per heavy atom. The predicted octanol–water partition coefficient (Wildman–Crippen LogP) is 8.90. The van der Waals surface area contributed by atoms with Crippen LogP contribution in [-0.2, 0) is 16.8 Å². The number of rotatable bonds is 4. The maximum atomic E-state index is 5.24. The van der Waals surface area contributed by atoms with Gasteiger partial charge >= 0.3 is 0 Å². The first-order chi connectivity index (χ1) is 23.8. The van der Waals surface area contributed by atoms with E-state index in [1.807, 2.05) is 97.1 Å². The van der Waals surface area contributed by atoms with E-state index in [0.717, 1.165) is 89.9 Å². The zero-order valence-electron chi connectivity index (χ0n) is 25.9. The summed E-state index contributed by atoms with van der Waals surface area (Å²) in [4.78, 5) is 36.9. The summed E-state index contributed by atoms with van der Waals surface area (Å²) in [5.41, 5.74) is 13.4. The first kappa shape index (κ1) is 30.1. The molecule has 49 heavy (non-hydrogen) atoms. The van der Waals surface area contributed by atoms with Crippen molar-refractivity contribution in [2.45, 2.75) is 0 Å². The summed E-state index contributed by atoms with van der Waals surface area (Å²) >= 11 is 0. The summed E-state index contributed by atoms with van der Waals surface area (Å²) in [6.45, 7) is 0. The van der Waals surface area contributed by atoms with Crippen molar-refractivity contribution >= 4 is 46.4 Å². The molecule has 2 aliphatic heterocycles. The van der Waals surface area contributed by atoms with Gasteiger partial charge in [-0.1, -0.05) is 24.3 Å². The number of nitrogens with one attached hydrogen (secondary N) is 2. The third-order valence-electron chi connectivity index (χ3n) is 8.44. The second-order valence-corrected chi connectivity index (χ2v) is 11.4. The van der Waals surface area contributed by atoms with Gasteiger partial charge in [-0.3, -0.25) is 19.9 Å². The number of fused-ring (bicyclic) bond motifs is 8. The number of aromatic amines is 2. The second kappa shape index (κ2) is 12.7. The normalized spacial score (nSPS) is 11.8. The van der Waals surface area contributed by atoms with Crippen LogP contribution in [0.15, 0.2) is 122 Å². The number of nitrogens with zero attached hydrogens (tertiary/aromatic N) is 6. The molecular weight excluding hydrogens is 651 g/mol. The Hall–Kier alpha value is -6.29. The number of aromatic nitrogens is 8. The molecule has 0 unspecified atom stereocenters. The van der Waals surface area contributed by atoms with E-state index in [9.17, 15) is 0 Å². The standard InChI is InChI=1S/C40H26N8.Co/c1-5-21-41-25(9-1)37-29-13-15-31(45-29)38(26-10-2-6-22-42-26)33-17-19-35(47-33)40(28-12-4-8-24-44-28)36-20-18-34(48-36)39(27-11-3-7-23-43-27)32-16-14-30(37)46-32;/h1-24,45,48H;. The minimum Gasteiger partial charge on any atom is -0.354 e. The van der Waals surface area contributed by atoms with Crippen LogP contribution in [0, 0.1) is 0 Å². The van der Waals surface area contributed by atoms with E-state index in [-0.39, 0.29) is 16.8 Å². The van der Waals surface area contributed by atoms with Crippen LogP contribution in [0.4, 0.5) is 0 Å². The van der Waals surface area contributed by atoms with Crippen LogP contribution in [0.2, 0.25) is 0 Å². The molecule has 0 spiro atoms. The molecule has 7 aromatic heterocycles. The number of hydrogen-bond acceptors (Lipinski definition) is 6. The Morgan fingerprint density at radius 2 is 0.592 bits per heavy atom. The summed E-state index contributed by atoms with van der Waals surface area (Å²) in [6.07, 6.45) is 15.4. The first-order valence-corrected chi connectivity index (χ1v) is 15.6. The smallest absolute Gasteiger partial charge is 0.0753 e. The molecule has 235 valence electrons. The first-order valence-electron chi connectivity index (χ1n) is 15.6. The van der Waals surface area contributed by atoms with Crippen molar-refractivity contribution < 1.29 is 16.8 Å². The van der Waals surface area contributed by atoms with Crippen molar-refractivity contribution in [1.82, 2.24) is 39.9 Å². The van der Waals surface area contributed by atoms with Gasteiger partial charge < -0.3 is 9.97 Å². The number of hydrogen-bond donors (Lipinski definition) is 2. The summed E-state index contributed by atoms with van der Waals surface area (Å²) in [5.74, 6) is 0. The molecule has 8 bridgehead atoms. The molecule has 9 heterocycles. The molecule has 8 nitrogen and oxygen atoms in total. The van der Waals surface area contributed by atoms with Crippen molar-refractivity contribution in [3.05, 3.63) is 145 Å². The van der Waals surface area contributed by atoms with E-state index >= 15 is 0 Å². The van der Waals surface area contributed by atoms with Gasteiger partial charge in [-0.05, 0) is 97.1 Å². The van der Waals surface area contributed by atoms with Crippen LogP contribution >= 0.6 is 0 Å². The van der Waals surface area contributed by atoms with Crippen molar-refractivity contribution in [3.8, 4) is 45.0 Å². The largest absolute Gasteiger partial charge is 0.354 e. The maximum Gasteiger partial charge on any atom is 0.0753 e.